The van der Waals surface area contributed by atoms with Crippen LogP contribution in [0.1, 0.15) is 37.4 Å². The normalized spacial score (nSPS) is 21.8. The van der Waals surface area contributed by atoms with Gasteiger partial charge in [0.15, 0.2) is 5.82 Å². The van der Waals surface area contributed by atoms with Crippen LogP contribution in [0.25, 0.3) is 0 Å². The van der Waals surface area contributed by atoms with Crippen molar-refractivity contribution in [2.75, 3.05) is 39.9 Å². The van der Waals surface area contributed by atoms with Gasteiger partial charge in [0, 0.05) is 46.6 Å². The molecule has 2 fully saturated rings. The SMILES string of the molecule is COCC(=O)N1CCCC(C(=O)N2CCC(Cc3noc(C)n3)CC2)C1. The third-order valence-corrected chi connectivity index (χ3v) is 5.36. The molecule has 1 aromatic heterocycles. The molecule has 2 aliphatic heterocycles. The first-order valence-corrected chi connectivity index (χ1v) is 9.41. The molecule has 0 bridgehead atoms. The van der Waals surface area contributed by atoms with Gasteiger partial charge in [-0.15, -0.1) is 0 Å². The molecule has 2 amide bonds. The maximum atomic E-state index is 12.9. The summed E-state index contributed by atoms with van der Waals surface area (Å²) >= 11 is 0. The molecule has 1 aromatic rings. The number of nitrogens with zero attached hydrogens (tertiary/aromatic N) is 4. The maximum Gasteiger partial charge on any atom is 0.248 e. The molecule has 2 aliphatic rings. The molecule has 144 valence electrons. The molecule has 0 aliphatic carbocycles. The lowest BCUT2D eigenvalue weighted by atomic mass is 9.91. The predicted molar refractivity (Wildman–Crippen MR) is 93.2 cm³/mol. The highest BCUT2D eigenvalue weighted by molar-refractivity contribution is 5.82. The van der Waals surface area contributed by atoms with Crippen LogP contribution in [0, 0.1) is 18.8 Å². The third-order valence-electron chi connectivity index (χ3n) is 5.36. The summed E-state index contributed by atoms with van der Waals surface area (Å²) in [5, 5.41) is 3.96. The van der Waals surface area contributed by atoms with Crippen LogP contribution in [0.5, 0.6) is 0 Å². The number of amides is 2. The second-order valence-electron chi connectivity index (χ2n) is 7.31. The summed E-state index contributed by atoms with van der Waals surface area (Å²) in [6.07, 6.45) is 4.45. The van der Waals surface area contributed by atoms with E-state index >= 15 is 0 Å². The van der Waals surface area contributed by atoms with Crippen molar-refractivity contribution in [1.82, 2.24) is 19.9 Å². The van der Waals surface area contributed by atoms with E-state index in [1.54, 1.807) is 11.8 Å². The number of hydrogen-bond acceptors (Lipinski definition) is 6. The van der Waals surface area contributed by atoms with E-state index in [0.717, 1.165) is 57.6 Å². The van der Waals surface area contributed by atoms with Gasteiger partial charge in [-0.05, 0) is 31.6 Å². The fourth-order valence-electron chi connectivity index (χ4n) is 3.92. The quantitative estimate of drug-likeness (QED) is 0.776. The lowest BCUT2D eigenvalue weighted by molar-refractivity contribution is -0.143. The van der Waals surface area contributed by atoms with Crippen LogP contribution in [-0.4, -0.2) is 71.7 Å². The van der Waals surface area contributed by atoms with Crippen molar-refractivity contribution in [2.45, 2.75) is 39.0 Å². The van der Waals surface area contributed by atoms with Crippen molar-refractivity contribution in [1.29, 1.82) is 0 Å². The first kappa shape index (κ1) is 18.8. The first-order valence-electron chi connectivity index (χ1n) is 9.41. The molecule has 0 radical (unpaired) electrons. The molecular weight excluding hydrogens is 336 g/mol. The van der Waals surface area contributed by atoms with Crippen LogP contribution in [-0.2, 0) is 20.7 Å². The summed E-state index contributed by atoms with van der Waals surface area (Å²) in [6, 6.07) is 0. The van der Waals surface area contributed by atoms with E-state index in [1.807, 2.05) is 4.90 Å². The third kappa shape index (κ3) is 4.60. The van der Waals surface area contributed by atoms with E-state index in [-0.39, 0.29) is 24.3 Å². The zero-order chi connectivity index (χ0) is 18.5. The van der Waals surface area contributed by atoms with Gasteiger partial charge in [-0.2, -0.15) is 4.98 Å². The smallest absolute Gasteiger partial charge is 0.248 e. The van der Waals surface area contributed by atoms with Crippen LogP contribution < -0.4 is 0 Å². The van der Waals surface area contributed by atoms with Crippen LogP contribution in [0.4, 0.5) is 0 Å². The number of rotatable bonds is 5. The van der Waals surface area contributed by atoms with Gasteiger partial charge >= 0.3 is 0 Å². The molecular formula is C18H28N4O4. The number of piperidine rings is 2. The molecule has 8 nitrogen and oxygen atoms in total. The molecule has 26 heavy (non-hydrogen) atoms. The summed E-state index contributed by atoms with van der Waals surface area (Å²) in [5.74, 6) is 1.92. The minimum atomic E-state index is -0.0824. The van der Waals surface area contributed by atoms with Crippen LogP contribution in [0.15, 0.2) is 4.52 Å². The minimum absolute atomic E-state index is 0.0286. The number of aryl methyl sites for hydroxylation is 1. The first-order chi connectivity index (χ1) is 12.6. The Balaban J connectivity index is 1.47. The Morgan fingerprint density at radius 2 is 1.96 bits per heavy atom. The number of methoxy groups -OCH3 is 1. The molecule has 2 saturated heterocycles. The van der Waals surface area contributed by atoms with Crippen molar-refractivity contribution in [3.8, 4) is 0 Å². The van der Waals surface area contributed by atoms with E-state index in [2.05, 4.69) is 10.1 Å². The number of likely N-dealkylation sites (tertiary alicyclic amines) is 2. The Hall–Kier alpha value is -1.96. The highest BCUT2D eigenvalue weighted by atomic mass is 16.5. The molecule has 1 unspecified atom stereocenters. The molecule has 0 spiro atoms. The van der Waals surface area contributed by atoms with Gasteiger partial charge in [0.05, 0.1) is 5.92 Å². The molecule has 0 saturated carbocycles. The highest BCUT2D eigenvalue weighted by Crippen LogP contribution is 2.25. The van der Waals surface area contributed by atoms with E-state index in [4.69, 9.17) is 9.26 Å². The summed E-state index contributed by atoms with van der Waals surface area (Å²) in [4.78, 5) is 32.9. The maximum absolute atomic E-state index is 12.9. The van der Waals surface area contributed by atoms with E-state index in [9.17, 15) is 9.59 Å². The van der Waals surface area contributed by atoms with Crippen molar-refractivity contribution in [2.24, 2.45) is 11.8 Å². The summed E-state index contributed by atoms with van der Waals surface area (Å²) in [5.41, 5.74) is 0. The summed E-state index contributed by atoms with van der Waals surface area (Å²) in [7, 11) is 1.52. The van der Waals surface area contributed by atoms with Crippen molar-refractivity contribution < 1.29 is 18.8 Å². The van der Waals surface area contributed by atoms with Crippen LogP contribution in [0.3, 0.4) is 0 Å². The zero-order valence-corrected chi connectivity index (χ0v) is 15.6. The van der Waals surface area contributed by atoms with E-state index in [1.165, 1.54) is 7.11 Å². The lowest BCUT2D eigenvalue weighted by Crippen LogP contribution is -2.49. The molecule has 0 N–H and O–H groups in total. The monoisotopic (exact) mass is 364 g/mol. The molecule has 1 atom stereocenters. The van der Waals surface area contributed by atoms with Gasteiger partial charge in [0.2, 0.25) is 17.7 Å². The largest absolute Gasteiger partial charge is 0.375 e. The average Bonchev–Trinajstić information content (AvgIpc) is 3.07. The predicted octanol–water partition coefficient (Wildman–Crippen LogP) is 1.04. The highest BCUT2D eigenvalue weighted by Gasteiger charge is 2.33. The van der Waals surface area contributed by atoms with Gasteiger partial charge in [-0.1, -0.05) is 5.16 Å². The van der Waals surface area contributed by atoms with E-state index in [0.29, 0.717) is 18.4 Å². The van der Waals surface area contributed by atoms with Crippen molar-refractivity contribution in [3.05, 3.63) is 11.7 Å². The van der Waals surface area contributed by atoms with Crippen molar-refractivity contribution in [3.63, 3.8) is 0 Å². The minimum Gasteiger partial charge on any atom is -0.375 e. The van der Waals surface area contributed by atoms with Gasteiger partial charge in [-0.3, -0.25) is 9.59 Å². The number of ether oxygens (including phenoxy) is 1. The van der Waals surface area contributed by atoms with Crippen LogP contribution >= 0.6 is 0 Å². The Kier molecular flexibility index (Phi) is 6.24. The standard InChI is InChI=1S/C18H28N4O4/c1-13-19-16(20-26-13)10-14-5-8-21(9-6-14)18(24)15-4-3-7-22(11-15)17(23)12-25-2/h14-15H,3-12H2,1-2H3. The molecule has 0 aromatic carbocycles. The topological polar surface area (TPSA) is 88.8 Å². The number of hydrogen-bond donors (Lipinski definition) is 0. The second-order valence-corrected chi connectivity index (χ2v) is 7.31. The van der Waals surface area contributed by atoms with Gasteiger partial charge in [-0.25, -0.2) is 0 Å². The Morgan fingerprint density at radius 1 is 1.19 bits per heavy atom. The zero-order valence-electron chi connectivity index (χ0n) is 15.6. The Labute approximate surface area is 153 Å². The summed E-state index contributed by atoms with van der Waals surface area (Å²) in [6.45, 7) is 4.65. The molecule has 8 heteroatoms. The van der Waals surface area contributed by atoms with Gasteiger partial charge in [0.1, 0.15) is 6.61 Å². The molecule has 3 rings (SSSR count). The lowest BCUT2D eigenvalue weighted by Gasteiger charge is -2.37. The Morgan fingerprint density at radius 3 is 2.62 bits per heavy atom. The van der Waals surface area contributed by atoms with Crippen molar-refractivity contribution >= 4 is 11.8 Å². The Bertz CT molecular complexity index is 624. The van der Waals surface area contributed by atoms with Gasteiger partial charge in [0.25, 0.3) is 0 Å². The fourth-order valence-corrected chi connectivity index (χ4v) is 3.92. The average molecular weight is 364 g/mol. The second kappa shape index (κ2) is 8.62. The number of carbonyl (C=O) groups excluding carboxylic acids is 2. The number of aromatic nitrogens is 2. The van der Waals surface area contributed by atoms with Crippen LogP contribution in [0.2, 0.25) is 0 Å². The number of carbonyl (C=O) groups is 2. The molecule has 3 heterocycles. The summed E-state index contributed by atoms with van der Waals surface area (Å²) < 4.78 is 9.95. The van der Waals surface area contributed by atoms with E-state index < -0.39 is 0 Å². The van der Waals surface area contributed by atoms with Gasteiger partial charge < -0.3 is 19.1 Å². The fraction of sp³-hybridized carbons (Fsp3) is 0.778.